The number of nitrogens with zero attached hydrogens (tertiary/aromatic N) is 1. The lowest BCUT2D eigenvalue weighted by molar-refractivity contribution is 0.163. The SMILES string of the molecule is CCC(O)CN[C@H](C)c1cccnc1. The zero-order valence-electron chi connectivity index (χ0n) is 8.77. The molecule has 0 aliphatic heterocycles. The van der Waals surface area contributed by atoms with Gasteiger partial charge in [-0.25, -0.2) is 0 Å². The summed E-state index contributed by atoms with van der Waals surface area (Å²) in [6.07, 6.45) is 4.13. The second-order valence-corrected chi connectivity index (χ2v) is 3.48. The predicted octanol–water partition coefficient (Wildman–Crippen LogP) is 1.50. The number of aliphatic hydroxyl groups excluding tert-OH is 1. The van der Waals surface area contributed by atoms with Gasteiger partial charge in [0.15, 0.2) is 0 Å². The third-order valence-electron chi connectivity index (χ3n) is 2.32. The average Bonchev–Trinajstić information content (AvgIpc) is 2.26. The van der Waals surface area contributed by atoms with Gasteiger partial charge in [-0.05, 0) is 25.0 Å². The van der Waals surface area contributed by atoms with Crippen molar-refractivity contribution in [3.8, 4) is 0 Å². The van der Waals surface area contributed by atoms with Crippen molar-refractivity contribution in [1.82, 2.24) is 10.3 Å². The molecule has 0 radical (unpaired) electrons. The molecule has 1 aromatic rings. The van der Waals surface area contributed by atoms with Gasteiger partial charge in [0.05, 0.1) is 6.10 Å². The lowest BCUT2D eigenvalue weighted by Crippen LogP contribution is -2.28. The van der Waals surface area contributed by atoms with Gasteiger partial charge < -0.3 is 10.4 Å². The molecular formula is C11H18N2O. The first kappa shape index (κ1) is 11.1. The molecule has 1 aromatic heterocycles. The Hall–Kier alpha value is -0.930. The number of rotatable bonds is 5. The fourth-order valence-electron chi connectivity index (χ4n) is 1.21. The zero-order chi connectivity index (χ0) is 10.4. The molecule has 3 heteroatoms. The molecule has 0 bridgehead atoms. The van der Waals surface area contributed by atoms with Crippen molar-refractivity contribution < 1.29 is 5.11 Å². The normalized spacial score (nSPS) is 15.1. The first-order valence-corrected chi connectivity index (χ1v) is 5.05. The lowest BCUT2D eigenvalue weighted by atomic mass is 10.1. The van der Waals surface area contributed by atoms with Crippen LogP contribution >= 0.6 is 0 Å². The van der Waals surface area contributed by atoms with Gasteiger partial charge in [0.1, 0.15) is 0 Å². The summed E-state index contributed by atoms with van der Waals surface area (Å²) in [6, 6.07) is 4.19. The fraction of sp³-hybridized carbons (Fsp3) is 0.545. The Bertz CT molecular complexity index is 251. The quantitative estimate of drug-likeness (QED) is 0.746. The molecular weight excluding hydrogens is 176 g/mol. The van der Waals surface area contributed by atoms with Crippen LogP contribution in [-0.4, -0.2) is 22.7 Å². The van der Waals surface area contributed by atoms with E-state index in [9.17, 15) is 5.11 Å². The maximum absolute atomic E-state index is 9.38. The Morgan fingerprint density at radius 3 is 2.93 bits per heavy atom. The average molecular weight is 194 g/mol. The van der Waals surface area contributed by atoms with Gasteiger partial charge in [-0.15, -0.1) is 0 Å². The zero-order valence-corrected chi connectivity index (χ0v) is 8.77. The highest BCUT2D eigenvalue weighted by atomic mass is 16.3. The predicted molar refractivity (Wildman–Crippen MR) is 57.0 cm³/mol. The Labute approximate surface area is 85.2 Å². The number of nitrogens with one attached hydrogen (secondary N) is 1. The standard InChI is InChI=1S/C11H18N2O/c1-3-11(14)8-13-9(2)10-5-4-6-12-7-10/h4-7,9,11,13-14H,3,8H2,1-2H3/t9-,11?/m1/s1. The highest BCUT2D eigenvalue weighted by molar-refractivity contribution is 5.12. The molecule has 1 rings (SSSR count). The van der Waals surface area contributed by atoms with E-state index in [1.165, 1.54) is 0 Å². The summed E-state index contributed by atoms with van der Waals surface area (Å²) < 4.78 is 0. The molecule has 0 saturated carbocycles. The highest BCUT2D eigenvalue weighted by Crippen LogP contribution is 2.09. The van der Waals surface area contributed by atoms with E-state index in [-0.39, 0.29) is 12.1 Å². The first-order chi connectivity index (χ1) is 6.74. The summed E-state index contributed by atoms with van der Waals surface area (Å²) in [6.45, 7) is 4.67. The van der Waals surface area contributed by atoms with Gasteiger partial charge in [-0.3, -0.25) is 4.98 Å². The van der Waals surface area contributed by atoms with Crippen LogP contribution in [0.5, 0.6) is 0 Å². The molecule has 0 saturated heterocycles. The number of hydrogen-bond acceptors (Lipinski definition) is 3. The summed E-state index contributed by atoms with van der Waals surface area (Å²) >= 11 is 0. The van der Waals surface area contributed by atoms with E-state index < -0.39 is 0 Å². The molecule has 1 heterocycles. The van der Waals surface area contributed by atoms with Crippen LogP contribution in [0.1, 0.15) is 31.9 Å². The van der Waals surface area contributed by atoms with Crippen LogP contribution in [0.4, 0.5) is 0 Å². The third-order valence-corrected chi connectivity index (χ3v) is 2.32. The molecule has 3 nitrogen and oxygen atoms in total. The molecule has 0 aliphatic rings. The second kappa shape index (κ2) is 5.73. The molecule has 14 heavy (non-hydrogen) atoms. The molecule has 0 aliphatic carbocycles. The summed E-state index contributed by atoms with van der Waals surface area (Å²) in [7, 11) is 0. The van der Waals surface area contributed by atoms with E-state index in [4.69, 9.17) is 0 Å². The number of hydrogen-bond donors (Lipinski definition) is 2. The van der Waals surface area contributed by atoms with Crippen LogP contribution in [0, 0.1) is 0 Å². The van der Waals surface area contributed by atoms with Crippen LogP contribution in [-0.2, 0) is 0 Å². The first-order valence-electron chi connectivity index (χ1n) is 5.05. The van der Waals surface area contributed by atoms with Crippen molar-refractivity contribution in [3.05, 3.63) is 30.1 Å². The van der Waals surface area contributed by atoms with Crippen LogP contribution in [0.25, 0.3) is 0 Å². The number of aromatic nitrogens is 1. The molecule has 0 fully saturated rings. The minimum absolute atomic E-state index is 0.241. The smallest absolute Gasteiger partial charge is 0.0662 e. The monoisotopic (exact) mass is 194 g/mol. The highest BCUT2D eigenvalue weighted by Gasteiger charge is 2.06. The molecule has 2 atom stereocenters. The van der Waals surface area contributed by atoms with Gasteiger partial charge in [-0.1, -0.05) is 13.0 Å². The van der Waals surface area contributed by atoms with Gasteiger partial charge in [0.25, 0.3) is 0 Å². The van der Waals surface area contributed by atoms with E-state index in [0.717, 1.165) is 12.0 Å². The van der Waals surface area contributed by atoms with E-state index in [2.05, 4.69) is 17.2 Å². The van der Waals surface area contributed by atoms with Gasteiger partial charge in [-0.2, -0.15) is 0 Å². The minimum Gasteiger partial charge on any atom is -0.392 e. The molecule has 1 unspecified atom stereocenters. The molecule has 0 amide bonds. The van der Waals surface area contributed by atoms with Crippen LogP contribution in [0.15, 0.2) is 24.5 Å². The van der Waals surface area contributed by atoms with Crippen LogP contribution in [0.2, 0.25) is 0 Å². The molecule has 0 spiro atoms. The van der Waals surface area contributed by atoms with Crippen molar-refractivity contribution in [2.75, 3.05) is 6.54 Å². The lowest BCUT2D eigenvalue weighted by Gasteiger charge is -2.16. The third kappa shape index (κ3) is 3.44. The minimum atomic E-state index is -0.255. The Balaban J connectivity index is 2.39. The van der Waals surface area contributed by atoms with Crippen LogP contribution < -0.4 is 5.32 Å². The summed E-state index contributed by atoms with van der Waals surface area (Å²) in [5.41, 5.74) is 1.15. The summed E-state index contributed by atoms with van der Waals surface area (Å²) in [5.74, 6) is 0. The number of aliphatic hydroxyl groups is 1. The Kier molecular flexibility index (Phi) is 4.56. The van der Waals surface area contributed by atoms with Crippen molar-refractivity contribution in [2.45, 2.75) is 32.4 Å². The summed E-state index contributed by atoms with van der Waals surface area (Å²) in [4.78, 5) is 4.05. The molecule has 78 valence electrons. The van der Waals surface area contributed by atoms with Crippen molar-refractivity contribution in [2.24, 2.45) is 0 Å². The second-order valence-electron chi connectivity index (χ2n) is 3.48. The number of pyridine rings is 1. The van der Waals surface area contributed by atoms with Crippen molar-refractivity contribution >= 4 is 0 Å². The van der Waals surface area contributed by atoms with Crippen LogP contribution in [0.3, 0.4) is 0 Å². The van der Waals surface area contributed by atoms with E-state index in [0.29, 0.717) is 6.54 Å². The van der Waals surface area contributed by atoms with Gasteiger partial charge in [0, 0.05) is 25.0 Å². The van der Waals surface area contributed by atoms with E-state index in [1.54, 1.807) is 6.20 Å². The van der Waals surface area contributed by atoms with Crippen molar-refractivity contribution in [3.63, 3.8) is 0 Å². The topological polar surface area (TPSA) is 45.1 Å². The maximum Gasteiger partial charge on any atom is 0.0662 e. The van der Waals surface area contributed by atoms with Crippen molar-refractivity contribution in [1.29, 1.82) is 0 Å². The fourth-order valence-corrected chi connectivity index (χ4v) is 1.21. The largest absolute Gasteiger partial charge is 0.392 e. The Morgan fingerprint density at radius 2 is 2.36 bits per heavy atom. The van der Waals surface area contributed by atoms with E-state index >= 15 is 0 Å². The van der Waals surface area contributed by atoms with E-state index in [1.807, 2.05) is 25.3 Å². The molecule has 2 N–H and O–H groups in total. The Morgan fingerprint density at radius 1 is 1.57 bits per heavy atom. The van der Waals surface area contributed by atoms with Gasteiger partial charge >= 0.3 is 0 Å². The maximum atomic E-state index is 9.38. The molecule has 0 aromatic carbocycles. The van der Waals surface area contributed by atoms with Gasteiger partial charge in [0.2, 0.25) is 0 Å². The summed E-state index contributed by atoms with van der Waals surface area (Å²) in [5, 5.41) is 12.6.